The Morgan fingerprint density at radius 1 is 1.10 bits per heavy atom. The topological polar surface area (TPSA) is 92.9 Å². The van der Waals surface area contributed by atoms with E-state index in [0.29, 0.717) is 29.0 Å². The summed E-state index contributed by atoms with van der Waals surface area (Å²) in [6.07, 6.45) is 4.96. The van der Waals surface area contributed by atoms with Crippen molar-refractivity contribution in [1.29, 1.82) is 0 Å². The predicted molar refractivity (Wildman–Crippen MR) is 117 cm³/mol. The van der Waals surface area contributed by atoms with Gasteiger partial charge in [0, 0.05) is 31.5 Å². The van der Waals surface area contributed by atoms with E-state index in [1.165, 1.54) is 10.9 Å². The summed E-state index contributed by atoms with van der Waals surface area (Å²) >= 11 is 0. The maximum atomic E-state index is 12.8. The molecule has 4 rings (SSSR count). The standard InChI is InChI=1S/C23H23N5O2/c1-23(2,30)17-6-4-16(5-7-17)18-12-19-20(22(29)28(3)14-26-19)21(27-18)25-13-15-8-10-24-11-9-15/h4-12,14,30H,13H2,1-3H3,(H,25,27). The van der Waals surface area contributed by atoms with Crippen molar-refractivity contribution in [2.24, 2.45) is 7.05 Å². The molecule has 0 unspecified atom stereocenters. The minimum absolute atomic E-state index is 0.159. The van der Waals surface area contributed by atoms with Gasteiger partial charge in [-0.25, -0.2) is 9.97 Å². The molecular formula is C23H23N5O2. The third kappa shape index (κ3) is 3.92. The Labute approximate surface area is 174 Å². The van der Waals surface area contributed by atoms with Crippen molar-refractivity contribution < 1.29 is 5.11 Å². The fourth-order valence-corrected chi connectivity index (χ4v) is 3.23. The second-order valence-corrected chi connectivity index (χ2v) is 7.76. The maximum absolute atomic E-state index is 12.8. The highest BCUT2D eigenvalue weighted by Gasteiger charge is 2.17. The highest BCUT2D eigenvalue weighted by molar-refractivity contribution is 5.91. The van der Waals surface area contributed by atoms with E-state index in [9.17, 15) is 9.90 Å². The van der Waals surface area contributed by atoms with Crippen molar-refractivity contribution in [2.75, 3.05) is 5.32 Å². The van der Waals surface area contributed by atoms with Crippen LogP contribution in [-0.4, -0.2) is 24.6 Å². The average Bonchev–Trinajstić information content (AvgIpc) is 2.74. The second-order valence-electron chi connectivity index (χ2n) is 7.76. The number of pyridine rings is 2. The zero-order valence-corrected chi connectivity index (χ0v) is 17.1. The summed E-state index contributed by atoms with van der Waals surface area (Å²) in [5, 5.41) is 13.9. The van der Waals surface area contributed by atoms with Crippen LogP contribution in [-0.2, 0) is 19.2 Å². The van der Waals surface area contributed by atoms with Crippen LogP contribution in [0.2, 0.25) is 0 Å². The van der Waals surface area contributed by atoms with Crippen LogP contribution in [0.5, 0.6) is 0 Å². The van der Waals surface area contributed by atoms with Gasteiger partial charge in [0.05, 0.1) is 23.1 Å². The van der Waals surface area contributed by atoms with Crippen LogP contribution in [0.25, 0.3) is 22.2 Å². The first-order chi connectivity index (χ1) is 14.3. The molecule has 0 aliphatic rings. The van der Waals surface area contributed by atoms with Gasteiger partial charge in [0.25, 0.3) is 5.56 Å². The fourth-order valence-electron chi connectivity index (χ4n) is 3.23. The lowest BCUT2D eigenvalue weighted by molar-refractivity contribution is 0.0786. The number of fused-ring (bicyclic) bond motifs is 1. The Balaban J connectivity index is 1.80. The van der Waals surface area contributed by atoms with Crippen molar-refractivity contribution in [1.82, 2.24) is 19.5 Å². The first-order valence-electron chi connectivity index (χ1n) is 9.65. The lowest BCUT2D eigenvalue weighted by Crippen LogP contribution is -2.19. The Hall–Kier alpha value is -3.58. The number of hydrogen-bond acceptors (Lipinski definition) is 6. The molecule has 0 aliphatic carbocycles. The van der Waals surface area contributed by atoms with Crippen LogP contribution in [0.3, 0.4) is 0 Å². The van der Waals surface area contributed by atoms with Gasteiger partial charge < -0.3 is 15.0 Å². The number of aryl methyl sites for hydroxylation is 1. The van der Waals surface area contributed by atoms with Crippen molar-refractivity contribution in [3.8, 4) is 11.3 Å². The van der Waals surface area contributed by atoms with E-state index in [2.05, 4.69) is 15.3 Å². The average molecular weight is 401 g/mol. The number of benzene rings is 1. The van der Waals surface area contributed by atoms with Gasteiger partial charge in [0.1, 0.15) is 11.2 Å². The van der Waals surface area contributed by atoms with Crippen LogP contribution in [0.15, 0.2) is 66.0 Å². The summed E-state index contributed by atoms with van der Waals surface area (Å²) in [6, 6.07) is 13.2. The van der Waals surface area contributed by atoms with Crippen LogP contribution < -0.4 is 10.9 Å². The minimum Gasteiger partial charge on any atom is -0.386 e. The molecule has 1 aromatic carbocycles. The number of rotatable bonds is 5. The molecule has 0 atom stereocenters. The summed E-state index contributed by atoms with van der Waals surface area (Å²) < 4.78 is 1.44. The molecule has 0 radical (unpaired) electrons. The molecule has 0 bridgehead atoms. The fraction of sp³-hybridized carbons (Fsp3) is 0.217. The molecule has 3 aromatic heterocycles. The maximum Gasteiger partial charge on any atom is 0.264 e. The van der Waals surface area contributed by atoms with Gasteiger partial charge in [-0.2, -0.15) is 0 Å². The number of aliphatic hydroxyl groups is 1. The second kappa shape index (κ2) is 7.68. The van der Waals surface area contributed by atoms with Crippen molar-refractivity contribution >= 4 is 16.7 Å². The van der Waals surface area contributed by atoms with Crippen LogP contribution in [0.4, 0.5) is 5.82 Å². The highest BCUT2D eigenvalue weighted by atomic mass is 16.3. The zero-order chi connectivity index (χ0) is 21.3. The normalized spacial score (nSPS) is 11.6. The number of anilines is 1. The van der Waals surface area contributed by atoms with Gasteiger partial charge in [0.2, 0.25) is 0 Å². The van der Waals surface area contributed by atoms with Crippen LogP contribution in [0.1, 0.15) is 25.0 Å². The van der Waals surface area contributed by atoms with Gasteiger partial charge in [-0.1, -0.05) is 24.3 Å². The third-order valence-corrected chi connectivity index (χ3v) is 5.00. The predicted octanol–water partition coefficient (Wildman–Crippen LogP) is 3.23. The van der Waals surface area contributed by atoms with E-state index in [1.54, 1.807) is 33.3 Å². The van der Waals surface area contributed by atoms with E-state index in [4.69, 9.17) is 4.98 Å². The zero-order valence-electron chi connectivity index (χ0n) is 17.1. The number of nitrogens with one attached hydrogen (secondary N) is 1. The van der Waals surface area contributed by atoms with Crippen LogP contribution >= 0.6 is 0 Å². The van der Waals surface area contributed by atoms with E-state index in [1.807, 2.05) is 42.5 Å². The summed E-state index contributed by atoms with van der Waals surface area (Å²) in [5.41, 5.74) is 2.92. The highest BCUT2D eigenvalue weighted by Crippen LogP contribution is 2.27. The van der Waals surface area contributed by atoms with Gasteiger partial charge in [-0.05, 0) is 43.2 Å². The summed E-state index contributed by atoms with van der Waals surface area (Å²) in [5.74, 6) is 0.486. The summed E-state index contributed by atoms with van der Waals surface area (Å²) in [6.45, 7) is 4.00. The molecule has 0 amide bonds. The first kappa shape index (κ1) is 19.7. The minimum atomic E-state index is -0.916. The van der Waals surface area contributed by atoms with Gasteiger partial charge >= 0.3 is 0 Å². The molecule has 2 N–H and O–H groups in total. The van der Waals surface area contributed by atoms with E-state index in [0.717, 1.165) is 16.7 Å². The Morgan fingerprint density at radius 2 is 1.80 bits per heavy atom. The van der Waals surface area contributed by atoms with Crippen molar-refractivity contribution in [3.05, 3.63) is 82.7 Å². The number of aromatic nitrogens is 4. The summed E-state index contributed by atoms with van der Waals surface area (Å²) in [7, 11) is 1.67. The number of nitrogens with zero attached hydrogens (tertiary/aromatic N) is 4. The van der Waals surface area contributed by atoms with E-state index in [-0.39, 0.29) is 5.56 Å². The molecule has 0 saturated carbocycles. The number of hydrogen-bond donors (Lipinski definition) is 2. The van der Waals surface area contributed by atoms with Crippen LogP contribution in [0, 0.1) is 0 Å². The molecule has 4 aromatic rings. The Bertz CT molecular complexity index is 1240. The first-order valence-corrected chi connectivity index (χ1v) is 9.65. The Kier molecular flexibility index (Phi) is 5.05. The molecule has 0 fully saturated rings. The van der Waals surface area contributed by atoms with E-state index < -0.39 is 5.60 Å². The molecule has 0 aliphatic heterocycles. The smallest absolute Gasteiger partial charge is 0.264 e. The Morgan fingerprint density at radius 3 is 2.47 bits per heavy atom. The molecule has 30 heavy (non-hydrogen) atoms. The quantitative estimate of drug-likeness (QED) is 0.533. The molecule has 152 valence electrons. The SMILES string of the molecule is Cn1cnc2cc(-c3ccc(C(C)(C)O)cc3)nc(NCc3ccncc3)c2c1=O. The summed E-state index contributed by atoms with van der Waals surface area (Å²) in [4.78, 5) is 26.0. The van der Waals surface area contributed by atoms with Gasteiger partial charge in [0.15, 0.2) is 0 Å². The lowest BCUT2D eigenvalue weighted by atomic mass is 9.96. The largest absolute Gasteiger partial charge is 0.386 e. The van der Waals surface area contributed by atoms with Crippen molar-refractivity contribution in [2.45, 2.75) is 26.0 Å². The molecule has 0 spiro atoms. The molecular weight excluding hydrogens is 378 g/mol. The molecule has 7 nitrogen and oxygen atoms in total. The van der Waals surface area contributed by atoms with Gasteiger partial charge in [-0.3, -0.25) is 9.78 Å². The monoisotopic (exact) mass is 401 g/mol. The van der Waals surface area contributed by atoms with E-state index >= 15 is 0 Å². The molecule has 3 heterocycles. The molecule has 0 saturated heterocycles. The van der Waals surface area contributed by atoms with Crippen molar-refractivity contribution in [3.63, 3.8) is 0 Å². The molecule has 7 heteroatoms. The third-order valence-electron chi connectivity index (χ3n) is 5.00. The lowest BCUT2D eigenvalue weighted by Gasteiger charge is -2.18. The van der Waals surface area contributed by atoms with Gasteiger partial charge in [-0.15, -0.1) is 0 Å².